The number of hydrogen-bond acceptors (Lipinski definition) is 8. The van der Waals surface area contributed by atoms with Crippen molar-refractivity contribution in [1.82, 2.24) is 25.0 Å². The summed E-state index contributed by atoms with van der Waals surface area (Å²) in [6, 6.07) is 13.8. The van der Waals surface area contributed by atoms with Crippen molar-refractivity contribution < 1.29 is 9.32 Å². The average molecular weight is 447 g/mol. The molecule has 0 saturated carbocycles. The van der Waals surface area contributed by atoms with Crippen LogP contribution in [0.5, 0.6) is 0 Å². The van der Waals surface area contributed by atoms with Crippen molar-refractivity contribution in [3.05, 3.63) is 65.3 Å². The van der Waals surface area contributed by atoms with Crippen molar-refractivity contribution in [2.45, 2.75) is 12.8 Å². The van der Waals surface area contributed by atoms with E-state index in [9.17, 15) is 4.79 Å². The Bertz CT molecular complexity index is 1170. The van der Waals surface area contributed by atoms with E-state index in [4.69, 9.17) is 9.51 Å². The fourth-order valence-corrected chi connectivity index (χ4v) is 4.31. The van der Waals surface area contributed by atoms with Gasteiger partial charge in [-0.3, -0.25) is 4.79 Å². The fourth-order valence-electron chi connectivity index (χ4n) is 3.67. The second-order valence-corrected chi connectivity index (χ2v) is 8.28. The first-order valence-electron chi connectivity index (χ1n) is 10.5. The Kier molecular flexibility index (Phi) is 5.89. The van der Waals surface area contributed by atoms with Crippen LogP contribution in [-0.2, 0) is 11.2 Å². The van der Waals surface area contributed by atoms with Crippen molar-refractivity contribution in [1.29, 1.82) is 0 Å². The quantitative estimate of drug-likeness (QED) is 0.448. The number of hydrogen-bond donors (Lipinski definition) is 0. The minimum Gasteiger partial charge on any atom is -0.353 e. The summed E-state index contributed by atoms with van der Waals surface area (Å²) in [7, 11) is 0. The molecule has 0 N–H and O–H groups in total. The van der Waals surface area contributed by atoms with Crippen LogP contribution in [-0.4, -0.2) is 57.1 Å². The number of carbonyl (C=O) groups is 1. The highest BCUT2D eigenvalue weighted by molar-refractivity contribution is 7.08. The third-order valence-corrected chi connectivity index (χ3v) is 6.11. The summed E-state index contributed by atoms with van der Waals surface area (Å²) in [4.78, 5) is 30.3. The molecule has 0 bridgehead atoms. The fraction of sp³-hybridized carbons (Fsp3) is 0.261. The van der Waals surface area contributed by atoms with Crippen LogP contribution in [0.15, 0.2) is 63.9 Å². The summed E-state index contributed by atoms with van der Waals surface area (Å²) in [5, 5.41) is 7.94. The van der Waals surface area contributed by atoms with Crippen molar-refractivity contribution >= 4 is 23.1 Å². The van der Waals surface area contributed by atoms with Gasteiger partial charge < -0.3 is 14.3 Å². The summed E-state index contributed by atoms with van der Waals surface area (Å²) in [5.74, 6) is 2.77. The topological polar surface area (TPSA) is 88.3 Å². The van der Waals surface area contributed by atoms with E-state index in [0.29, 0.717) is 43.5 Å². The van der Waals surface area contributed by atoms with Crippen LogP contribution in [0.25, 0.3) is 22.8 Å². The van der Waals surface area contributed by atoms with Gasteiger partial charge in [0.05, 0.1) is 0 Å². The van der Waals surface area contributed by atoms with E-state index in [1.54, 1.807) is 17.5 Å². The Hall–Kier alpha value is -3.59. The molecule has 9 heteroatoms. The van der Waals surface area contributed by atoms with Crippen molar-refractivity contribution in [3.8, 4) is 22.8 Å². The van der Waals surface area contributed by atoms with Crippen molar-refractivity contribution in [3.63, 3.8) is 0 Å². The molecule has 4 heterocycles. The first-order valence-corrected chi connectivity index (χ1v) is 11.5. The number of nitrogens with zero attached hydrogens (tertiary/aromatic N) is 6. The SMILES string of the molecule is O=C(CCc1nc(-c2ccsc2)no1)N1CCN(c2ccnc(-c3ccccc3)n2)CC1. The molecule has 3 aromatic heterocycles. The number of anilines is 1. The van der Waals surface area contributed by atoms with E-state index >= 15 is 0 Å². The molecule has 0 spiro atoms. The lowest BCUT2D eigenvalue weighted by Crippen LogP contribution is -2.49. The Morgan fingerprint density at radius 1 is 0.969 bits per heavy atom. The molecule has 0 unspecified atom stereocenters. The molecule has 0 atom stereocenters. The van der Waals surface area contributed by atoms with Gasteiger partial charge in [0, 0.05) is 61.7 Å². The molecule has 1 saturated heterocycles. The van der Waals surface area contributed by atoms with Gasteiger partial charge in [0.1, 0.15) is 5.82 Å². The van der Waals surface area contributed by atoms with E-state index in [1.807, 2.05) is 58.1 Å². The van der Waals surface area contributed by atoms with Gasteiger partial charge in [-0.2, -0.15) is 16.3 Å². The molecule has 1 aliphatic heterocycles. The van der Waals surface area contributed by atoms with E-state index < -0.39 is 0 Å². The smallest absolute Gasteiger partial charge is 0.227 e. The Morgan fingerprint density at radius 2 is 1.81 bits per heavy atom. The summed E-state index contributed by atoms with van der Waals surface area (Å²) in [6.07, 6.45) is 2.59. The standard InChI is InChI=1S/C23H22N6O2S/c30-21(7-6-20-26-23(27-31-20)18-9-15-32-16-18)29-13-11-28(12-14-29)19-8-10-24-22(25-19)17-4-2-1-3-5-17/h1-5,8-10,15-16H,6-7,11-14H2. The number of thiophene rings is 1. The van der Waals surface area contributed by atoms with Gasteiger partial charge in [0.2, 0.25) is 17.6 Å². The van der Waals surface area contributed by atoms with Gasteiger partial charge in [-0.25, -0.2) is 9.97 Å². The number of aryl methyl sites for hydroxylation is 1. The molecular formula is C23H22N6O2S. The maximum Gasteiger partial charge on any atom is 0.227 e. The van der Waals surface area contributed by atoms with Crippen LogP contribution in [0.1, 0.15) is 12.3 Å². The number of benzene rings is 1. The highest BCUT2D eigenvalue weighted by atomic mass is 32.1. The summed E-state index contributed by atoms with van der Waals surface area (Å²) in [5.41, 5.74) is 1.93. The van der Waals surface area contributed by atoms with Gasteiger partial charge in [-0.1, -0.05) is 35.5 Å². The molecule has 8 nitrogen and oxygen atoms in total. The van der Waals surface area contributed by atoms with Crippen LogP contribution >= 0.6 is 11.3 Å². The minimum atomic E-state index is 0.104. The average Bonchev–Trinajstić information content (AvgIpc) is 3.56. The zero-order valence-corrected chi connectivity index (χ0v) is 18.2. The predicted molar refractivity (Wildman–Crippen MR) is 122 cm³/mol. The highest BCUT2D eigenvalue weighted by Crippen LogP contribution is 2.21. The monoisotopic (exact) mass is 446 g/mol. The Labute approximate surface area is 189 Å². The zero-order valence-electron chi connectivity index (χ0n) is 17.4. The number of carbonyl (C=O) groups excluding carboxylic acids is 1. The lowest BCUT2D eigenvalue weighted by Gasteiger charge is -2.35. The summed E-state index contributed by atoms with van der Waals surface area (Å²) in [6.45, 7) is 2.79. The molecule has 1 amide bonds. The maximum absolute atomic E-state index is 12.7. The van der Waals surface area contributed by atoms with Gasteiger partial charge >= 0.3 is 0 Å². The molecule has 0 aliphatic carbocycles. The zero-order chi connectivity index (χ0) is 21.8. The normalized spacial score (nSPS) is 14.0. The molecule has 1 aromatic carbocycles. The Morgan fingerprint density at radius 3 is 2.59 bits per heavy atom. The number of aromatic nitrogens is 4. The third-order valence-electron chi connectivity index (χ3n) is 5.43. The Balaban J connectivity index is 1.14. The van der Waals surface area contributed by atoms with E-state index in [0.717, 1.165) is 30.0 Å². The first-order chi connectivity index (χ1) is 15.8. The van der Waals surface area contributed by atoms with Crippen LogP contribution < -0.4 is 4.90 Å². The number of piperazine rings is 1. The molecule has 0 radical (unpaired) electrons. The van der Waals surface area contributed by atoms with Crippen LogP contribution in [0.4, 0.5) is 5.82 Å². The predicted octanol–water partition coefficient (Wildman–Crippen LogP) is 3.54. The lowest BCUT2D eigenvalue weighted by atomic mass is 10.2. The molecule has 1 aliphatic rings. The summed E-state index contributed by atoms with van der Waals surface area (Å²) < 4.78 is 5.30. The van der Waals surface area contributed by atoms with Crippen molar-refractivity contribution in [2.24, 2.45) is 0 Å². The van der Waals surface area contributed by atoms with Crippen LogP contribution in [0.3, 0.4) is 0 Å². The van der Waals surface area contributed by atoms with E-state index in [1.165, 1.54) is 0 Å². The van der Waals surface area contributed by atoms with Gasteiger partial charge in [-0.05, 0) is 17.5 Å². The molecule has 5 rings (SSSR count). The molecule has 162 valence electrons. The first kappa shape index (κ1) is 20.3. The second kappa shape index (κ2) is 9.27. The molecule has 1 fully saturated rings. The molecular weight excluding hydrogens is 424 g/mol. The largest absolute Gasteiger partial charge is 0.353 e. The third kappa shape index (κ3) is 4.52. The van der Waals surface area contributed by atoms with Gasteiger partial charge in [-0.15, -0.1) is 0 Å². The van der Waals surface area contributed by atoms with Gasteiger partial charge in [0.25, 0.3) is 0 Å². The van der Waals surface area contributed by atoms with Crippen LogP contribution in [0, 0.1) is 0 Å². The van der Waals surface area contributed by atoms with Gasteiger partial charge in [0.15, 0.2) is 5.82 Å². The van der Waals surface area contributed by atoms with E-state index in [-0.39, 0.29) is 5.91 Å². The summed E-state index contributed by atoms with van der Waals surface area (Å²) >= 11 is 1.58. The number of amides is 1. The van der Waals surface area contributed by atoms with Crippen molar-refractivity contribution in [2.75, 3.05) is 31.1 Å². The van der Waals surface area contributed by atoms with E-state index in [2.05, 4.69) is 20.0 Å². The highest BCUT2D eigenvalue weighted by Gasteiger charge is 2.23. The second-order valence-electron chi connectivity index (χ2n) is 7.50. The number of rotatable bonds is 6. The molecule has 32 heavy (non-hydrogen) atoms. The lowest BCUT2D eigenvalue weighted by molar-refractivity contribution is -0.131. The minimum absolute atomic E-state index is 0.104. The maximum atomic E-state index is 12.7. The molecule has 4 aromatic rings. The van der Waals surface area contributed by atoms with Crippen LogP contribution in [0.2, 0.25) is 0 Å².